The molecule has 4 heteroatoms. The zero-order valence-electron chi connectivity index (χ0n) is 6.04. The molecular formula is C8H6FNS2. The van der Waals surface area contributed by atoms with E-state index in [1.54, 1.807) is 6.07 Å². The van der Waals surface area contributed by atoms with Crippen molar-refractivity contribution in [3.8, 4) is 0 Å². The van der Waals surface area contributed by atoms with Gasteiger partial charge < -0.3 is 5.73 Å². The van der Waals surface area contributed by atoms with Crippen molar-refractivity contribution in [3.05, 3.63) is 23.3 Å². The molecule has 1 aromatic heterocycles. The molecule has 1 heterocycles. The maximum absolute atomic E-state index is 12.9. The van der Waals surface area contributed by atoms with Gasteiger partial charge in [-0.2, -0.15) is 0 Å². The second kappa shape index (κ2) is 2.64. The van der Waals surface area contributed by atoms with Gasteiger partial charge in [0.15, 0.2) is 0 Å². The van der Waals surface area contributed by atoms with Crippen LogP contribution < -0.4 is 5.73 Å². The molecule has 0 aliphatic heterocycles. The quantitative estimate of drug-likeness (QED) is 0.495. The number of anilines is 1. The maximum atomic E-state index is 12.9. The summed E-state index contributed by atoms with van der Waals surface area (Å²) in [5.74, 6) is -0.363. The average molecular weight is 199 g/mol. The van der Waals surface area contributed by atoms with Gasteiger partial charge in [-0.25, -0.2) is 4.39 Å². The van der Waals surface area contributed by atoms with Crippen LogP contribution in [0.15, 0.2) is 22.4 Å². The fourth-order valence-electron chi connectivity index (χ4n) is 1.05. The minimum Gasteiger partial charge on any atom is -0.396 e. The SMILES string of the molecule is Nc1cc2c(S)csc2cc1F. The Morgan fingerprint density at radius 2 is 2.17 bits per heavy atom. The Labute approximate surface area is 78.4 Å². The molecule has 0 aliphatic carbocycles. The fraction of sp³-hybridized carbons (Fsp3) is 0. The number of hydrogen-bond acceptors (Lipinski definition) is 3. The Morgan fingerprint density at radius 3 is 2.92 bits per heavy atom. The van der Waals surface area contributed by atoms with E-state index >= 15 is 0 Å². The van der Waals surface area contributed by atoms with Crippen molar-refractivity contribution in [1.29, 1.82) is 0 Å². The minimum absolute atomic E-state index is 0.177. The highest BCUT2D eigenvalue weighted by Crippen LogP contribution is 2.31. The summed E-state index contributed by atoms with van der Waals surface area (Å²) >= 11 is 5.68. The third kappa shape index (κ3) is 1.07. The molecule has 0 bridgehead atoms. The molecule has 0 aliphatic rings. The van der Waals surface area contributed by atoms with E-state index in [1.165, 1.54) is 17.4 Å². The largest absolute Gasteiger partial charge is 0.396 e. The molecule has 0 radical (unpaired) electrons. The Balaban J connectivity index is 2.87. The van der Waals surface area contributed by atoms with E-state index in [4.69, 9.17) is 5.73 Å². The smallest absolute Gasteiger partial charge is 0.147 e. The predicted octanol–water partition coefficient (Wildman–Crippen LogP) is 2.91. The number of halogens is 1. The van der Waals surface area contributed by atoms with E-state index in [9.17, 15) is 4.39 Å². The van der Waals surface area contributed by atoms with Crippen LogP contribution in [-0.2, 0) is 0 Å². The number of thiol groups is 1. The van der Waals surface area contributed by atoms with Gasteiger partial charge in [-0.1, -0.05) is 0 Å². The monoisotopic (exact) mass is 199 g/mol. The molecule has 0 amide bonds. The Kier molecular flexibility index (Phi) is 1.73. The van der Waals surface area contributed by atoms with Crippen LogP contribution in [0, 0.1) is 5.82 Å². The molecule has 0 fully saturated rings. The average Bonchev–Trinajstić information content (AvgIpc) is 2.35. The minimum atomic E-state index is -0.363. The summed E-state index contributed by atoms with van der Waals surface area (Å²) in [6.45, 7) is 0. The van der Waals surface area contributed by atoms with Crippen LogP contribution in [-0.4, -0.2) is 0 Å². The van der Waals surface area contributed by atoms with Crippen molar-refractivity contribution < 1.29 is 4.39 Å². The van der Waals surface area contributed by atoms with Gasteiger partial charge in [0.2, 0.25) is 0 Å². The maximum Gasteiger partial charge on any atom is 0.147 e. The summed E-state index contributed by atoms with van der Waals surface area (Å²) in [5.41, 5.74) is 5.59. The van der Waals surface area contributed by atoms with Gasteiger partial charge in [0.1, 0.15) is 5.82 Å². The second-order valence-corrected chi connectivity index (χ2v) is 3.88. The van der Waals surface area contributed by atoms with Crippen LogP contribution >= 0.6 is 24.0 Å². The molecule has 62 valence electrons. The van der Waals surface area contributed by atoms with Crippen LogP contribution in [0.25, 0.3) is 10.1 Å². The number of rotatable bonds is 0. The highest BCUT2D eigenvalue weighted by molar-refractivity contribution is 7.80. The summed E-state index contributed by atoms with van der Waals surface area (Å²) in [6.07, 6.45) is 0. The van der Waals surface area contributed by atoms with Gasteiger partial charge in [0.05, 0.1) is 5.69 Å². The van der Waals surface area contributed by atoms with Crippen LogP contribution in [0.2, 0.25) is 0 Å². The molecule has 0 atom stereocenters. The van der Waals surface area contributed by atoms with E-state index in [1.807, 2.05) is 5.38 Å². The first kappa shape index (κ1) is 7.89. The van der Waals surface area contributed by atoms with Crippen molar-refractivity contribution in [2.24, 2.45) is 0 Å². The first-order valence-electron chi connectivity index (χ1n) is 3.33. The normalized spacial score (nSPS) is 10.8. The summed E-state index contributed by atoms with van der Waals surface area (Å²) in [7, 11) is 0. The molecular weight excluding hydrogens is 193 g/mol. The first-order valence-corrected chi connectivity index (χ1v) is 4.66. The van der Waals surface area contributed by atoms with Crippen LogP contribution in [0.1, 0.15) is 0 Å². The lowest BCUT2D eigenvalue weighted by molar-refractivity contribution is 0.634. The number of nitrogen functional groups attached to an aromatic ring is 1. The Morgan fingerprint density at radius 1 is 1.42 bits per heavy atom. The van der Waals surface area contributed by atoms with Crippen LogP contribution in [0.4, 0.5) is 10.1 Å². The van der Waals surface area contributed by atoms with Gasteiger partial charge in [-0.3, -0.25) is 0 Å². The van der Waals surface area contributed by atoms with Crippen molar-refractivity contribution in [2.75, 3.05) is 5.73 Å². The zero-order valence-corrected chi connectivity index (χ0v) is 7.75. The van der Waals surface area contributed by atoms with Gasteiger partial charge >= 0.3 is 0 Å². The molecule has 2 aromatic rings. The number of thiophene rings is 1. The number of benzene rings is 1. The number of nitrogens with two attached hydrogens (primary N) is 1. The molecule has 0 unspecified atom stereocenters. The topological polar surface area (TPSA) is 26.0 Å². The molecule has 2 rings (SSSR count). The zero-order chi connectivity index (χ0) is 8.72. The van der Waals surface area contributed by atoms with E-state index in [0.717, 1.165) is 15.0 Å². The highest BCUT2D eigenvalue weighted by atomic mass is 32.1. The summed E-state index contributed by atoms with van der Waals surface area (Å²) < 4.78 is 13.8. The van der Waals surface area contributed by atoms with Crippen molar-refractivity contribution in [1.82, 2.24) is 0 Å². The molecule has 2 N–H and O–H groups in total. The summed E-state index contributed by atoms with van der Waals surface area (Å²) in [6, 6.07) is 3.05. The van der Waals surface area contributed by atoms with Gasteiger partial charge in [0.25, 0.3) is 0 Å². The lowest BCUT2D eigenvalue weighted by Crippen LogP contribution is -1.88. The van der Waals surface area contributed by atoms with Gasteiger partial charge in [0, 0.05) is 20.4 Å². The van der Waals surface area contributed by atoms with E-state index in [2.05, 4.69) is 12.6 Å². The second-order valence-electron chi connectivity index (χ2n) is 2.49. The predicted molar refractivity (Wildman–Crippen MR) is 53.4 cm³/mol. The summed E-state index contributed by atoms with van der Waals surface area (Å²) in [4.78, 5) is 0.849. The first-order chi connectivity index (χ1) is 5.68. The van der Waals surface area contributed by atoms with E-state index in [0.29, 0.717) is 0 Å². The van der Waals surface area contributed by atoms with E-state index in [-0.39, 0.29) is 11.5 Å². The van der Waals surface area contributed by atoms with Crippen LogP contribution in [0.5, 0.6) is 0 Å². The van der Waals surface area contributed by atoms with E-state index < -0.39 is 0 Å². The number of hydrogen-bond donors (Lipinski definition) is 2. The molecule has 12 heavy (non-hydrogen) atoms. The third-order valence-electron chi connectivity index (χ3n) is 1.67. The lowest BCUT2D eigenvalue weighted by atomic mass is 10.2. The van der Waals surface area contributed by atoms with Crippen molar-refractivity contribution in [2.45, 2.75) is 4.90 Å². The fourth-order valence-corrected chi connectivity index (χ4v) is 2.30. The number of fused-ring (bicyclic) bond motifs is 1. The van der Waals surface area contributed by atoms with Crippen molar-refractivity contribution in [3.63, 3.8) is 0 Å². The standard InChI is InChI=1S/C8H6FNS2/c9-5-2-8-4(1-6(5)10)7(11)3-12-8/h1-3,11H,10H2. The summed E-state index contributed by atoms with van der Waals surface area (Å²) in [5, 5.41) is 2.79. The molecule has 0 saturated carbocycles. The Bertz CT molecular complexity index is 436. The van der Waals surface area contributed by atoms with Crippen molar-refractivity contribution >= 4 is 39.7 Å². The lowest BCUT2D eigenvalue weighted by Gasteiger charge is -1.96. The van der Waals surface area contributed by atoms with Crippen LogP contribution in [0.3, 0.4) is 0 Å². The highest BCUT2D eigenvalue weighted by Gasteiger charge is 2.04. The Hall–Kier alpha value is -0.740. The van der Waals surface area contributed by atoms with Gasteiger partial charge in [-0.05, 0) is 12.1 Å². The third-order valence-corrected chi connectivity index (χ3v) is 3.16. The molecule has 1 aromatic carbocycles. The molecule has 0 spiro atoms. The molecule has 0 saturated heterocycles. The van der Waals surface area contributed by atoms with Gasteiger partial charge in [-0.15, -0.1) is 24.0 Å². The molecule has 1 nitrogen and oxygen atoms in total.